The van der Waals surface area contributed by atoms with Gasteiger partial charge in [0.15, 0.2) is 0 Å². The third-order valence-electron chi connectivity index (χ3n) is 3.83. The van der Waals surface area contributed by atoms with Gasteiger partial charge in [0.2, 0.25) is 0 Å². The quantitative estimate of drug-likeness (QED) is 0.868. The monoisotopic (exact) mass is 282 g/mol. The zero-order valence-electron chi connectivity index (χ0n) is 10.9. The molecule has 104 valence electrons. The van der Waals surface area contributed by atoms with E-state index >= 15 is 0 Å². The zero-order valence-corrected chi connectivity index (χ0v) is 11.7. The Labute approximate surface area is 119 Å². The van der Waals surface area contributed by atoms with Gasteiger partial charge >= 0.3 is 0 Å². The van der Waals surface area contributed by atoms with E-state index in [-0.39, 0.29) is 18.3 Å². The van der Waals surface area contributed by atoms with E-state index in [2.05, 4.69) is 16.4 Å². The maximum atomic E-state index is 10.5. The maximum absolute atomic E-state index is 10.5. The lowest BCUT2D eigenvalue weighted by Crippen LogP contribution is -2.34. The van der Waals surface area contributed by atoms with E-state index in [0.29, 0.717) is 0 Å². The Morgan fingerprint density at radius 1 is 1.42 bits per heavy atom. The zero-order chi connectivity index (χ0) is 12.5. The van der Waals surface area contributed by atoms with Crippen LogP contribution in [0.5, 0.6) is 5.75 Å². The van der Waals surface area contributed by atoms with Gasteiger partial charge in [0.1, 0.15) is 11.6 Å². The number of hydrogen-bond acceptors (Lipinski definition) is 4. The van der Waals surface area contributed by atoms with Gasteiger partial charge in [0, 0.05) is 12.5 Å². The highest BCUT2D eigenvalue weighted by atomic mass is 35.5. The lowest BCUT2D eigenvalue weighted by molar-refractivity contribution is 0.125. The number of aryl methyl sites for hydroxylation is 1. The van der Waals surface area contributed by atoms with Gasteiger partial charge in [0.05, 0.1) is 19.8 Å². The van der Waals surface area contributed by atoms with Crippen molar-refractivity contribution >= 4 is 18.2 Å². The van der Waals surface area contributed by atoms with Gasteiger partial charge in [-0.15, -0.1) is 12.4 Å². The Morgan fingerprint density at radius 2 is 2.26 bits per heavy atom. The third-order valence-corrected chi connectivity index (χ3v) is 3.83. The van der Waals surface area contributed by atoms with Crippen LogP contribution in [0.3, 0.4) is 0 Å². The molecule has 1 aromatic carbocycles. The second kappa shape index (κ2) is 5.80. The van der Waals surface area contributed by atoms with Crippen LogP contribution in [0.4, 0.5) is 0 Å². The van der Waals surface area contributed by atoms with Gasteiger partial charge in [-0.05, 0) is 36.1 Å². The fraction of sp³-hybridized carbons (Fsp3) is 0.500. The van der Waals surface area contributed by atoms with Crippen molar-refractivity contribution in [3.63, 3.8) is 0 Å². The summed E-state index contributed by atoms with van der Waals surface area (Å²) in [5.41, 5.74) is 2.21. The number of ether oxygens (including phenoxy) is 1. The van der Waals surface area contributed by atoms with Crippen LogP contribution in [0.1, 0.15) is 23.7 Å². The fourth-order valence-corrected chi connectivity index (χ4v) is 2.84. The van der Waals surface area contributed by atoms with Crippen LogP contribution in [0.2, 0.25) is 0 Å². The Morgan fingerprint density at radius 3 is 2.95 bits per heavy atom. The molecule has 0 saturated carbocycles. The van der Waals surface area contributed by atoms with Crippen LogP contribution in [-0.2, 0) is 6.42 Å². The van der Waals surface area contributed by atoms with Gasteiger partial charge < -0.3 is 15.2 Å². The van der Waals surface area contributed by atoms with E-state index in [0.717, 1.165) is 43.1 Å². The molecule has 0 bridgehead atoms. The molecular formula is C14H19ClN2O2. The van der Waals surface area contributed by atoms with E-state index in [9.17, 15) is 5.11 Å². The van der Waals surface area contributed by atoms with Crippen molar-refractivity contribution in [2.75, 3.05) is 20.2 Å². The maximum Gasteiger partial charge on any atom is 0.119 e. The van der Waals surface area contributed by atoms with Crippen molar-refractivity contribution in [2.45, 2.75) is 18.9 Å². The van der Waals surface area contributed by atoms with E-state index in [1.807, 2.05) is 12.1 Å². The molecule has 2 aliphatic rings. The Bertz CT molecular complexity index is 490. The van der Waals surface area contributed by atoms with Gasteiger partial charge in [-0.3, -0.25) is 4.99 Å². The summed E-state index contributed by atoms with van der Waals surface area (Å²) in [6.07, 6.45) is 1.46. The lowest BCUT2D eigenvalue weighted by atomic mass is 9.80. The topological polar surface area (TPSA) is 53.9 Å². The molecule has 0 radical (unpaired) electrons. The van der Waals surface area contributed by atoms with Crippen LogP contribution >= 0.6 is 12.4 Å². The summed E-state index contributed by atoms with van der Waals surface area (Å²) < 4.78 is 5.23. The number of aliphatic hydroxyl groups excluding tert-OH is 1. The first-order valence-corrected chi connectivity index (χ1v) is 6.42. The van der Waals surface area contributed by atoms with Crippen LogP contribution in [-0.4, -0.2) is 31.1 Å². The van der Waals surface area contributed by atoms with E-state index in [1.165, 1.54) is 5.56 Å². The number of nitrogens with zero attached hydrogens (tertiary/aromatic N) is 1. The molecule has 2 atom stereocenters. The second-order valence-corrected chi connectivity index (χ2v) is 4.85. The predicted molar refractivity (Wildman–Crippen MR) is 77.3 cm³/mol. The number of benzene rings is 1. The number of rotatable bonds is 2. The smallest absolute Gasteiger partial charge is 0.119 e. The first kappa shape index (κ1) is 14.2. The third kappa shape index (κ3) is 2.55. The highest BCUT2D eigenvalue weighted by Crippen LogP contribution is 2.37. The number of hydrogen-bond donors (Lipinski definition) is 2. The summed E-state index contributed by atoms with van der Waals surface area (Å²) in [7, 11) is 1.65. The second-order valence-electron chi connectivity index (χ2n) is 4.85. The summed E-state index contributed by atoms with van der Waals surface area (Å²) in [6.45, 7) is 1.72. The minimum Gasteiger partial charge on any atom is -0.497 e. The van der Waals surface area contributed by atoms with Crippen molar-refractivity contribution in [2.24, 2.45) is 10.9 Å². The van der Waals surface area contributed by atoms with Gasteiger partial charge in [-0.2, -0.15) is 0 Å². The molecule has 0 unspecified atom stereocenters. The molecule has 3 rings (SSSR count). The highest BCUT2D eigenvalue weighted by molar-refractivity contribution is 5.87. The highest BCUT2D eigenvalue weighted by Gasteiger charge is 2.32. The van der Waals surface area contributed by atoms with E-state index in [1.54, 1.807) is 7.11 Å². The molecule has 0 fully saturated rings. The predicted octanol–water partition coefficient (Wildman–Crippen LogP) is 1.71. The van der Waals surface area contributed by atoms with Crippen LogP contribution in [0.15, 0.2) is 23.2 Å². The number of amidine groups is 1. The Kier molecular flexibility index (Phi) is 4.32. The summed E-state index contributed by atoms with van der Waals surface area (Å²) in [6, 6.07) is 5.95. The number of nitrogens with one attached hydrogen (secondary N) is 1. The largest absolute Gasteiger partial charge is 0.497 e. The van der Waals surface area contributed by atoms with Crippen molar-refractivity contribution in [1.29, 1.82) is 0 Å². The molecule has 0 saturated heterocycles. The van der Waals surface area contributed by atoms with Crippen molar-refractivity contribution in [3.8, 4) is 5.75 Å². The number of fused-ring (bicyclic) bond motifs is 1. The SMILES string of the molecule is COc1ccc2c(c1)[C@@H](O)[C@H](C1=NCCN1)CC2.Cl. The molecule has 1 heterocycles. The van der Waals surface area contributed by atoms with E-state index in [4.69, 9.17) is 4.74 Å². The fourth-order valence-electron chi connectivity index (χ4n) is 2.84. The lowest BCUT2D eigenvalue weighted by Gasteiger charge is -2.30. The summed E-state index contributed by atoms with van der Waals surface area (Å²) in [4.78, 5) is 4.44. The molecular weight excluding hydrogens is 264 g/mol. The first-order chi connectivity index (χ1) is 8.79. The van der Waals surface area contributed by atoms with Gasteiger partial charge in [0.25, 0.3) is 0 Å². The van der Waals surface area contributed by atoms with Crippen molar-refractivity contribution in [1.82, 2.24) is 5.32 Å². The average Bonchev–Trinajstić information content (AvgIpc) is 2.93. The normalized spacial score (nSPS) is 24.8. The van der Waals surface area contributed by atoms with Crippen LogP contribution < -0.4 is 10.1 Å². The summed E-state index contributed by atoms with van der Waals surface area (Å²) in [5, 5.41) is 13.8. The van der Waals surface area contributed by atoms with E-state index < -0.39 is 6.10 Å². The van der Waals surface area contributed by atoms with Crippen LogP contribution in [0.25, 0.3) is 0 Å². The molecule has 1 aliphatic heterocycles. The number of methoxy groups -OCH3 is 1. The van der Waals surface area contributed by atoms with Gasteiger partial charge in [-0.25, -0.2) is 0 Å². The Balaban J connectivity index is 0.00000133. The molecule has 0 spiro atoms. The first-order valence-electron chi connectivity index (χ1n) is 6.42. The molecule has 4 nitrogen and oxygen atoms in total. The molecule has 0 aromatic heterocycles. The molecule has 2 N–H and O–H groups in total. The molecule has 0 amide bonds. The average molecular weight is 283 g/mol. The number of halogens is 1. The summed E-state index contributed by atoms with van der Waals surface area (Å²) >= 11 is 0. The van der Waals surface area contributed by atoms with Crippen LogP contribution in [0, 0.1) is 5.92 Å². The summed E-state index contributed by atoms with van der Waals surface area (Å²) in [5.74, 6) is 1.87. The standard InChI is InChI=1S/C14H18N2O2.ClH/c1-18-10-4-2-9-3-5-11(13(17)12(9)8-10)14-15-6-7-16-14;/h2,4,8,11,13,17H,3,5-7H2,1H3,(H,15,16);1H/t11-,13+;/m1./s1. The molecule has 1 aliphatic carbocycles. The van der Waals surface area contributed by atoms with Crippen molar-refractivity contribution in [3.05, 3.63) is 29.3 Å². The molecule has 5 heteroatoms. The van der Waals surface area contributed by atoms with Gasteiger partial charge in [-0.1, -0.05) is 6.07 Å². The molecule has 19 heavy (non-hydrogen) atoms. The number of aliphatic imine (C=N–C) groups is 1. The Hall–Kier alpha value is -1.26. The number of aliphatic hydroxyl groups is 1. The molecule has 1 aromatic rings. The minimum absolute atomic E-state index is 0. The van der Waals surface area contributed by atoms with Crippen molar-refractivity contribution < 1.29 is 9.84 Å². The minimum atomic E-state index is -0.479.